The molecule has 0 atom stereocenters. The Morgan fingerprint density at radius 2 is 1.67 bits per heavy atom. The number of rotatable bonds is 2. The van der Waals surface area contributed by atoms with Gasteiger partial charge in [-0.2, -0.15) is 0 Å². The molecule has 1 nitrogen and oxygen atoms in total. The number of Topliss-reactive ketones (excluding diaryl/α,β-unsaturated/α-hetero) is 1. The normalized spacial score (nSPS) is 16.3. The summed E-state index contributed by atoms with van der Waals surface area (Å²) in [5, 5.41) is 0. The minimum atomic E-state index is 0.238. The molecule has 0 aromatic heterocycles. The standard InChI is InChI=1S/C20H20O/c1-14(2)17-9-7-15(8-10-17)11-16-12-18-5-3-4-6-19(18)20(21)13-16/h3-11,14H,12-13H2,1-2H3. The van der Waals surface area contributed by atoms with Gasteiger partial charge in [0, 0.05) is 12.0 Å². The van der Waals surface area contributed by atoms with E-state index in [-0.39, 0.29) is 5.78 Å². The van der Waals surface area contributed by atoms with E-state index < -0.39 is 0 Å². The Hall–Kier alpha value is -2.15. The number of ketones is 1. The Balaban J connectivity index is 1.86. The number of allylic oxidation sites excluding steroid dienone is 1. The average molecular weight is 276 g/mol. The smallest absolute Gasteiger partial charge is 0.167 e. The third-order valence-electron chi connectivity index (χ3n) is 4.10. The average Bonchev–Trinajstić information content (AvgIpc) is 2.48. The molecule has 0 N–H and O–H groups in total. The summed E-state index contributed by atoms with van der Waals surface area (Å²) in [6.45, 7) is 4.40. The van der Waals surface area contributed by atoms with Crippen LogP contribution in [0.1, 0.15) is 53.2 Å². The van der Waals surface area contributed by atoms with E-state index in [2.05, 4.69) is 50.3 Å². The van der Waals surface area contributed by atoms with Crippen LogP contribution in [0.25, 0.3) is 6.08 Å². The van der Waals surface area contributed by atoms with E-state index in [9.17, 15) is 4.79 Å². The van der Waals surface area contributed by atoms with Gasteiger partial charge in [0.2, 0.25) is 0 Å². The molecule has 0 saturated carbocycles. The molecule has 1 aliphatic rings. The van der Waals surface area contributed by atoms with Gasteiger partial charge in [0.05, 0.1) is 0 Å². The van der Waals surface area contributed by atoms with Gasteiger partial charge in [-0.3, -0.25) is 4.79 Å². The van der Waals surface area contributed by atoms with Crippen LogP contribution < -0.4 is 0 Å². The zero-order valence-corrected chi connectivity index (χ0v) is 12.6. The lowest BCUT2D eigenvalue weighted by molar-refractivity contribution is 0.0987. The predicted molar refractivity (Wildman–Crippen MR) is 87.6 cm³/mol. The van der Waals surface area contributed by atoms with Crippen molar-refractivity contribution in [2.75, 3.05) is 0 Å². The molecule has 0 heterocycles. The van der Waals surface area contributed by atoms with E-state index in [1.54, 1.807) is 0 Å². The predicted octanol–water partition coefficient (Wildman–Crippen LogP) is 5.02. The van der Waals surface area contributed by atoms with Gasteiger partial charge in [-0.05, 0) is 29.0 Å². The van der Waals surface area contributed by atoms with Crippen molar-refractivity contribution in [2.24, 2.45) is 0 Å². The molecule has 0 saturated heterocycles. The molecule has 1 heteroatoms. The molecule has 1 aliphatic carbocycles. The summed E-state index contributed by atoms with van der Waals surface area (Å²) < 4.78 is 0. The van der Waals surface area contributed by atoms with Crippen molar-refractivity contribution in [1.82, 2.24) is 0 Å². The number of carbonyl (C=O) groups excluding carboxylic acids is 1. The van der Waals surface area contributed by atoms with Crippen LogP contribution in [-0.2, 0) is 6.42 Å². The highest BCUT2D eigenvalue weighted by molar-refractivity contribution is 6.01. The first-order valence-electron chi connectivity index (χ1n) is 7.54. The summed E-state index contributed by atoms with van der Waals surface area (Å²) in [5.41, 5.74) is 5.78. The highest BCUT2D eigenvalue weighted by atomic mass is 16.1. The van der Waals surface area contributed by atoms with Crippen LogP contribution in [0.5, 0.6) is 0 Å². The molecule has 2 aromatic carbocycles. The maximum Gasteiger partial charge on any atom is 0.167 e. The molecule has 0 fully saturated rings. The molecule has 0 aliphatic heterocycles. The lowest BCUT2D eigenvalue weighted by Gasteiger charge is -2.17. The quantitative estimate of drug-likeness (QED) is 0.752. The molecule has 3 rings (SSSR count). The van der Waals surface area contributed by atoms with Crippen LogP contribution in [0.4, 0.5) is 0 Å². The second-order valence-corrected chi connectivity index (χ2v) is 6.06. The van der Waals surface area contributed by atoms with Gasteiger partial charge < -0.3 is 0 Å². The molecule has 0 spiro atoms. The van der Waals surface area contributed by atoms with Crippen molar-refractivity contribution in [3.05, 3.63) is 76.4 Å². The lowest BCUT2D eigenvalue weighted by Crippen LogP contribution is -2.12. The minimum absolute atomic E-state index is 0.238. The van der Waals surface area contributed by atoms with Crippen LogP contribution in [0.3, 0.4) is 0 Å². The van der Waals surface area contributed by atoms with Crippen molar-refractivity contribution in [2.45, 2.75) is 32.6 Å². The summed E-state index contributed by atoms with van der Waals surface area (Å²) in [6, 6.07) is 16.6. The van der Waals surface area contributed by atoms with Gasteiger partial charge in [0.1, 0.15) is 0 Å². The van der Waals surface area contributed by atoms with E-state index in [1.807, 2.05) is 18.2 Å². The largest absolute Gasteiger partial charge is 0.294 e. The van der Waals surface area contributed by atoms with Crippen LogP contribution in [-0.4, -0.2) is 5.78 Å². The van der Waals surface area contributed by atoms with Crippen LogP contribution in [0, 0.1) is 0 Å². The van der Waals surface area contributed by atoms with Crippen molar-refractivity contribution >= 4 is 11.9 Å². The second kappa shape index (κ2) is 5.69. The maximum absolute atomic E-state index is 12.2. The number of hydrogen-bond acceptors (Lipinski definition) is 1. The van der Waals surface area contributed by atoms with Crippen molar-refractivity contribution in [3.63, 3.8) is 0 Å². The number of fused-ring (bicyclic) bond motifs is 1. The summed E-state index contributed by atoms with van der Waals surface area (Å²) >= 11 is 0. The summed E-state index contributed by atoms with van der Waals surface area (Å²) in [4.78, 5) is 12.2. The van der Waals surface area contributed by atoms with E-state index in [1.165, 1.54) is 16.7 Å². The Labute approximate surface area is 126 Å². The summed E-state index contributed by atoms with van der Waals surface area (Å²) in [6.07, 6.45) is 3.59. The third-order valence-corrected chi connectivity index (χ3v) is 4.10. The van der Waals surface area contributed by atoms with Gasteiger partial charge in [-0.25, -0.2) is 0 Å². The molecule has 0 unspecified atom stereocenters. The van der Waals surface area contributed by atoms with Gasteiger partial charge in [0.15, 0.2) is 5.78 Å². The number of hydrogen-bond donors (Lipinski definition) is 0. The van der Waals surface area contributed by atoms with Crippen molar-refractivity contribution in [1.29, 1.82) is 0 Å². The fourth-order valence-corrected chi connectivity index (χ4v) is 2.87. The topological polar surface area (TPSA) is 17.1 Å². The number of carbonyl (C=O) groups is 1. The highest BCUT2D eigenvalue weighted by Crippen LogP contribution is 2.26. The molecular weight excluding hydrogens is 256 g/mol. The van der Waals surface area contributed by atoms with Crippen LogP contribution >= 0.6 is 0 Å². The molecule has 0 radical (unpaired) electrons. The van der Waals surface area contributed by atoms with Gasteiger partial charge >= 0.3 is 0 Å². The first-order chi connectivity index (χ1) is 10.1. The molecular formula is C20H20O. The Morgan fingerprint density at radius 1 is 0.952 bits per heavy atom. The molecule has 106 valence electrons. The van der Waals surface area contributed by atoms with Gasteiger partial charge in [-0.1, -0.05) is 74.0 Å². The van der Waals surface area contributed by atoms with E-state index in [4.69, 9.17) is 0 Å². The molecule has 0 amide bonds. The Morgan fingerprint density at radius 3 is 2.38 bits per heavy atom. The van der Waals surface area contributed by atoms with E-state index >= 15 is 0 Å². The first-order valence-corrected chi connectivity index (χ1v) is 7.54. The molecule has 0 bridgehead atoms. The maximum atomic E-state index is 12.2. The monoisotopic (exact) mass is 276 g/mol. The van der Waals surface area contributed by atoms with Gasteiger partial charge in [-0.15, -0.1) is 0 Å². The lowest BCUT2D eigenvalue weighted by atomic mass is 9.86. The first kappa shape index (κ1) is 13.8. The third kappa shape index (κ3) is 2.97. The van der Waals surface area contributed by atoms with Crippen LogP contribution in [0.2, 0.25) is 0 Å². The summed E-state index contributed by atoms with van der Waals surface area (Å²) in [5.74, 6) is 0.789. The van der Waals surface area contributed by atoms with E-state index in [0.717, 1.165) is 17.5 Å². The Kier molecular flexibility index (Phi) is 3.74. The Bertz CT molecular complexity index is 690. The van der Waals surface area contributed by atoms with Gasteiger partial charge in [0.25, 0.3) is 0 Å². The van der Waals surface area contributed by atoms with E-state index in [0.29, 0.717) is 12.3 Å². The zero-order valence-electron chi connectivity index (χ0n) is 12.6. The van der Waals surface area contributed by atoms with Crippen molar-refractivity contribution in [3.8, 4) is 0 Å². The fourth-order valence-electron chi connectivity index (χ4n) is 2.87. The van der Waals surface area contributed by atoms with Crippen molar-refractivity contribution < 1.29 is 4.79 Å². The number of benzene rings is 2. The SMILES string of the molecule is CC(C)c1ccc(C=C2CC(=O)c3ccccc3C2)cc1. The molecule has 2 aromatic rings. The second-order valence-electron chi connectivity index (χ2n) is 6.06. The molecule has 21 heavy (non-hydrogen) atoms. The highest BCUT2D eigenvalue weighted by Gasteiger charge is 2.19. The summed E-state index contributed by atoms with van der Waals surface area (Å²) in [7, 11) is 0. The fraction of sp³-hybridized carbons (Fsp3) is 0.250. The zero-order chi connectivity index (χ0) is 14.8. The van der Waals surface area contributed by atoms with Crippen LogP contribution in [0.15, 0.2) is 54.1 Å². The minimum Gasteiger partial charge on any atom is -0.294 e.